The third-order valence-electron chi connectivity index (χ3n) is 5.80. The van der Waals surface area contributed by atoms with Crippen molar-refractivity contribution in [1.82, 2.24) is 4.90 Å². The minimum atomic E-state index is -2.23. The van der Waals surface area contributed by atoms with Crippen molar-refractivity contribution in [1.29, 1.82) is 0 Å². The zero-order valence-corrected chi connectivity index (χ0v) is 21.4. The Morgan fingerprint density at radius 3 is 2.41 bits per heavy atom. The molecule has 2 heterocycles. The van der Waals surface area contributed by atoms with Gasteiger partial charge in [-0.25, -0.2) is 9.69 Å². The van der Waals surface area contributed by atoms with Crippen molar-refractivity contribution in [3.8, 4) is 0 Å². The van der Waals surface area contributed by atoms with Gasteiger partial charge in [-0.1, -0.05) is 13.0 Å². The summed E-state index contributed by atoms with van der Waals surface area (Å²) in [4.78, 5) is 40.1. The maximum Gasteiger partial charge on any atom is 0.417 e. The Morgan fingerprint density at radius 1 is 1.22 bits per heavy atom. The van der Waals surface area contributed by atoms with Gasteiger partial charge in [-0.2, -0.15) is 0 Å². The van der Waals surface area contributed by atoms with Gasteiger partial charge in [-0.05, 0) is 64.7 Å². The lowest BCUT2D eigenvalue weighted by Crippen LogP contribution is -2.41. The van der Waals surface area contributed by atoms with Crippen LogP contribution in [0.15, 0.2) is 11.6 Å². The minimum Gasteiger partial charge on any atom is -0.519 e. The molecule has 180 valence electrons. The molecule has 1 unspecified atom stereocenters. The van der Waals surface area contributed by atoms with Gasteiger partial charge in [-0.3, -0.25) is 9.59 Å². The molecule has 32 heavy (non-hydrogen) atoms. The number of carbonyl (C=O) groups is 3. The second-order valence-electron chi connectivity index (χ2n) is 11.1. The van der Waals surface area contributed by atoms with E-state index in [2.05, 4.69) is 13.0 Å². The SMILES string of the molecule is C[C@@H]1CC=C(C[C@@H]2CN(C(=O)OC(C)(C)C)C(=O)C2C(=O)O[Si](C)(C)C)C2(C1)OCCO2. The highest BCUT2D eigenvalue weighted by molar-refractivity contribution is 6.71. The van der Waals surface area contributed by atoms with Crippen LogP contribution in [0.25, 0.3) is 0 Å². The molecule has 8 nitrogen and oxygen atoms in total. The Labute approximate surface area is 191 Å². The summed E-state index contributed by atoms with van der Waals surface area (Å²) < 4.78 is 23.2. The number of carbonyl (C=O) groups excluding carboxylic acids is 3. The zero-order chi connectivity index (χ0) is 23.9. The van der Waals surface area contributed by atoms with E-state index >= 15 is 0 Å². The van der Waals surface area contributed by atoms with Crippen LogP contribution in [-0.2, 0) is 28.2 Å². The molecule has 0 saturated carbocycles. The fourth-order valence-electron chi connectivity index (χ4n) is 4.57. The van der Waals surface area contributed by atoms with Crippen LogP contribution >= 0.6 is 0 Å². The highest BCUT2D eigenvalue weighted by atomic mass is 28.4. The fourth-order valence-corrected chi connectivity index (χ4v) is 5.30. The second kappa shape index (κ2) is 8.91. The molecule has 2 fully saturated rings. The van der Waals surface area contributed by atoms with Gasteiger partial charge in [0.15, 0.2) is 5.79 Å². The van der Waals surface area contributed by atoms with Gasteiger partial charge in [-0.15, -0.1) is 0 Å². The van der Waals surface area contributed by atoms with Crippen LogP contribution in [0.2, 0.25) is 19.6 Å². The highest BCUT2D eigenvalue weighted by Crippen LogP contribution is 2.44. The van der Waals surface area contributed by atoms with Crippen molar-refractivity contribution >= 4 is 26.3 Å². The van der Waals surface area contributed by atoms with Gasteiger partial charge in [0.2, 0.25) is 14.2 Å². The molecule has 2 aliphatic heterocycles. The van der Waals surface area contributed by atoms with Crippen molar-refractivity contribution in [3.63, 3.8) is 0 Å². The van der Waals surface area contributed by atoms with E-state index in [4.69, 9.17) is 18.6 Å². The first-order valence-corrected chi connectivity index (χ1v) is 14.9. The Kier molecular flexibility index (Phi) is 6.94. The molecule has 0 aromatic rings. The monoisotopic (exact) mass is 467 g/mol. The maximum atomic E-state index is 13.2. The lowest BCUT2D eigenvalue weighted by molar-refractivity contribution is -0.150. The van der Waals surface area contributed by atoms with Crippen molar-refractivity contribution in [2.45, 2.75) is 78.0 Å². The quantitative estimate of drug-likeness (QED) is 0.352. The molecule has 0 bridgehead atoms. The summed E-state index contributed by atoms with van der Waals surface area (Å²) >= 11 is 0. The Bertz CT molecular complexity index is 789. The third-order valence-corrected chi connectivity index (χ3v) is 6.62. The Balaban J connectivity index is 1.87. The van der Waals surface area contributed by atoms with Crippen molar-refractivity contribution in [3.05, 3.63) is 11.6 Å². The maximum absolute atomic E-state index is 13.2. The van der Waals surface area contributed by atoms with E-state index in [9.17, 15) is 14.4 Å². The topological polar surface area (TPSA) is 91.4 Å². The van der Waals surface area contributed by atoms with Gasteiger partial charge in [0.05, 0.1) is 13.2 Å². The molecular formula is C23H37NO7Si. The van der Waals surface area contributed by atoms with E-state index in [0.717, 1.165) is 23.3 Å². The first-order valence-electron chi connectivity index (χ1n) is 11.5. The largest absolute Gasteiger partial charge is 0.519 e. The van der Waals surface area contributed by atoms with Crippen LogP contribution in [0.4, 0.5) is 4.79 Å². The van der Waals surface area contributed by atoms with E-state index in [0.29, 0.717) is 25.6 Å². The van der Waals surface area contributed by atoms with Crippen LogP contribution in [0.5, 0.6) is 0 Å². The molecule has 1 spiro atoms. The van der Waals surface area contributed by atoms with Crippen molar-refractivity contribution < 1.29 is 33.0 Å². The zero-order valence-electron chi connectivity index (χ0n) is 20.4. The summed E-state index contributed by atoms with van der Waals surface area (Å²) in [6, 6.07) is 0. The van der Waals surface area contributed by atoms with E-state index in [1.807, 2.05) is 19.6 Å². The van der Waals surface area contributed by atoms with E-state index in [1.165, 1.54) is 0 Å². The summed E-state index contributed by atoms with van der Waals surface area (Å²) in [6.45, 7) is 14.2. The predicted molar refractivity (Wildman–Crippen MR) is 120 cm³/mol. The molecule has 3 aliphatic rings. The number of allylic oxidation sites excluding steroid dienone is 1. The predicted octanol–water partition coefficient (Wildman–Crippen LogP) is 3.86. The number of likely N-dealkylation sites (tertiary alicyclic amines) is 1. The molecule has 9 heteroatoms. The molecule has 3 atom stereocenters. The average Bonchev–Trinajstić information content (AvgIpc) is 3.19. The molecule has 0 aromatic heterocycles. The Morgan fingerprint density at radius 2 is 1.84 bits per heavy atom. The fraction of sp³-hybridized carbons (Fsp3) is 0.783. The molecule has 2 saturated heterocycles. The van der Waals surface area contributed by atoms with Gasteiger partial charge in [0.1, 0.15) is 11.5 Å². The average molecular weight is 468 g/mol. The summed E-state index contributed by atoms with van der Waals surface area (Å²) in [5, 5.41) is 0. The minimum absolute atomic E-state index is 0.0994. The summed E-state index contributed by atoms with van der Waals surface area (Å²) in [6.07, 6.45) is 3.42. The summed E-state index contributed by atoms with van der Waals surface area (Å²) in [5.74, 6) is -2.98. The molecule has 1 aliphatic carbocycles. The number of nitrogens with zero attached hydrogens (tertiary/aromatic N) is 1. The standard InChI is InChI=1S/C23H37NO7Si/c1-15-8-9-17(23(13-15)28-10-11-29-23)12-16-14-24(21(27)30-22(2,3)4)19(25)18(16)20(26)31-32(5,6)7/h9,15-16,18H,8,10-14H2,1-7H3/t15-,16-,18?/m1/s1. The van der Waals surface area contributed by atoms with Crippen LogP contribution < -0.4 is 0 Å². The van der Waals surface area contributed by atoms with Crippen molar-refractivity contribution in [2.75, 3.05) is 19.8 Å². The number of hydrogen-bond acceptors (Lipinski definition) is 7. The highest BCUT2D eigenvalue weighted by Gasteiger charge is 2.52. The lowest BCUT2D eigenvalue weighted by Gasteiger charge is -2.37. The number of amides is 2. The van der Waals surface area contributed by atoms with Crippen LogP contribution in [0.3, 0.4) is 0 Å². The van der Waals surface area contributed by atoms with Gasteiger partial charge < -0.3 is 18.6 Å². The molecular weight excluding hydrogens is 430 g/mol. The number of hydrogen-bond donors (Lipinski definition) is 0. The van der Waals surface area contributed by atoms with Gasteiger partial charge >= 0.3 is 12.1 Å². The van der Waals surface area contributed by atoms with Crippen LogP contribution in [0, 0.1) is 17.8 Å². The molecule has 0 aromatic carbocycles. The molecule has 3 rings (SSSR count). The van der Waals surface area contributed by atoms with Gasteiger partial charge in [0.25, 0.3) is 0 Å². The van der Waals surface area contributed by atoms with Crippen LogP contribution in [0.1, 0.15) is 47.0 Å². The summed E-state index contributed by atoms with van der Waals surface area (Å²) in [5.41, 5.74) is 0.198. The number of rotatable bonds is 4. The van der Waals surface area contributed by atoms with Crippen molar-refractivity contribution in [2.24, 2.45) is 17.8 Å². The molecule has 0 radical (unpaired) electrons. The molecule has 2 amide bonds. The first-order chi connectivity index (χ1) is 14.7. The Hall–Kier alpha value is -1.71. The summed E-state index contributed by atoms with van der Waals surface area (Å²) in [7, 11) is -2.23. The number of imide groups is 1. The smallest absolute Gasteiger partial charge is 0.417 e. The normalized spacial score (nSPS) is 28.1. The lowest BCUT2D eigenvalue weighted by atomic mass is 9.79. The van der Waals surface area contributed by atoms with Gasteiger partial charge in [0, 0.05) is 18.9 Å². The third kappa shape index (κ3) is 5.61. The van der Waals surface area contributed by atoms with Crippen LogP contribution in [-0.4, -0.2) is 62.3 Å². The number of ether oxygens (including phenoxy) is 3. The first kappa shape index (κ1) is 24.9. The van der Waals surface area contributed by atoms with E-state index in [1.54, 1.807) is 20.8 Å². The molecule has 0 N–H and O–H groups in total. The van der Waals surface area contributed by atoms with E-state index in [-0.39, 0.29) is 6.54 Å². The van der Waals surface area contributed by atoms with E-state index < -0.39 is 49.5 Å². The second-order valence-corrected chi connectivity index (χ2v) is 15.6.